The van der Waals surface area contributed by atoms with Gasteiger partial charge in [0, 0.05) is 18.0 Å². The summed E-state index contributed by atoms with van der Waals surface area (Å²) in [5.41, 5.74) is 8.12. The molecule has 1 atom stereocenters. The highest BCUT2D eigenvalue weighted by Gasteiger charge is 2.08. The van der Waals surface area contributed by atoms with Crippen molar-refractivity contribution < 1.29 is 4.79 Å². The summed E-state index contributed by atoms with van der Waals surface area (Å²) in [6, 6.07) is 5.57. The Kier molecular flexibility index (Phi) is 3.01. The third-order valence-electron chi connectivity index (χ3n) is 2.57. The van der Waals surface area contributed by atoms with Gasteiger partial charge in [0.1, 0.15) is 0 Å². The number of nitrogens with one attached hydrogen (secondary N) is 1. The second-order valence-electron chi connectivity index (χ2n) is 4.07. The van der Waals surface area contributed by atoms with Gasteiger partial charge in [-0.15, -0.1) is 0 Å². The molecule has 0 spiro atoms. The van der Waals surface area contributed by atoms with Crippen molar-refractivity contribution in [3.05, 3.63) is 30.1 Å². The quantitative estimate of drug-likeness (QED) is 0.768. The standard InChI is InChI=1S/C12H15N3O/c1-8(13)2-5-12(16)9-3-4-10-11(6-9)15-7-14-10/h3-4,6-8H,2,5,13H2,1H3,(H,14,15). The minimum atomic E-state index is 0.0693. The lowest BCUT2D eigenvalue weighted by molar-refractivity contribution is 0.0978. The van der Waals surface area contributed by atoms with E-state index in [2.05, 4.69) is 9.97 Å². The largest absolute Gasteiger partial charge is 0.345 e. The zero-order valence-electron chi connectivity index (χ0n) is 9.23. The summed E-state index contributed by atoms with van der Waals surface area (Å²) >= 11 is 0. The molecule has 1 unspecified atom stereocenters. The van der Waals surface area contributed by atoms with Crippen LogP contribution in [-0.4, -0.2) is 21.8 Å². The molecule has 0 aliphatic carbocycles. The lowest BCUT2D eigenvalue weighted by Gasteiger charge is -2.04. The van der Waals surface area contributed by atoms with Crippen molar-refractivity contribution in [3.63, 3.8) is 0 Å². The van der Waals surface area contributed by atoms with Crippen molar-refractivity contribution in [3.8, 4) is 0 Å². The zero-order chi connectivity index (χ0) is 11.5. The number of ketones is 1. The molecular weight excluding hydrogens is 202 g/mol. The SMILES string of the molecule is CC(N)CCC(=O)c1ccc2nc[nH]c2c1. The summed E-state index contributed by atoms with van der Waals surface area (Å²) in [5, 5.41) is 0. The summed E-state index contributed by atoms with van der Waals surface area (Å²) in [5.74, 6) is 0.133. The van der Waals surface area contributed by atoms with Gasteiger partial charge < -0.3 is 10.7 Å². The molecule has 0 aliphatic rings. The maximum atomic E-state index is 11.8. The molecule has 0 radical (unpaired) electrons. The number of nitrogens with two attached hydrogens (primary N) is 1. The van der Waals surface area contributed by atoms with Crippen LogP contribution in [0.3, 0.4) is 0 Å². The van der Waals surface area contributed by atoms with Crippen LogP contribution in [0.15, 0.2) is 24.5 Å². The van der Waals surface area contributed by atoms with Crippen molar-refractivity contribution in [1.82, 2.24) is 9.97 Å². The van der Waals surface area contributed by atoms with Gasteiger partial charge in [-0.3, -0.25) is 4.79 Å². The Hall–Kier alpha value is -1.68. The molecule has 0 saturated carbocycles. The molecule has 1 aromatic carbocycles. The number of benzene rings is 1. The number of Topliss-reactive ketones (excluding diaryl/α,β-unsaturated/α-hetero) is 1. The zero-order valence-corrected chi connectivity index (χ0v) is 9.23. The Morgan fingerprint density at radius 2 is 2.38 bits per heavy atom. The third-order valence-corrected chi connectivity index (χ3v) is 2.57. The number of carbonyl (C=O) groups excluding carboxylic acids is 1. The van der Waals surface area contributed by atoms with E-state index in [9.17, 15) is 4.79 Å². The van der Waals surface area contributed by atoms with Crippen molar-refractivity contribution in [2.45, 2.75) is 25.8 Å². The van der Waals surface area contributed by atoms with Crippen LogP contribution in [-0.2, 0) is 0 Å². The van der Waals surface area contributed by atoms with Gasteiger partial charge >= 0.3 is 0 Å². The summed E-state index contributed by atoms with van der Waals surface area (Å²) in [6.45, 7) is 1.91. The summed E-state index contributed by atoms with van der Waals surface area (Å²) < 4.78 is 0. The maximum Gasteiger partial charge on any atom is 0.163 e. The molecule has 2 aromatic rings. The van der Waals surface area contributed by atoms with Crippen molar-refractivity contribution in [2.75, 3.05) is 0 Å². The Morgan fingerprint density at radius 1 is 1.56 bits per heavy atom. The van der Waals surface area contributed by atoms with E-state index in [4.69, 9.17) is 5.73 Å². The fourth-order valence-electron chi connectivity index (χ4n) is 1.61. The van der Waals surface area contributed by atoms with Gasteiger partial charge in [0.25, 0.3) is 0 Å². The van der Waals surface area contributed by atoms with E-state index in [1.807, 2.05) is 25.1 Å². The molecule has 1 heterocycles. The van der Waals surface area contributed by atoms with E-state index in [1.54, 1.807) is 6.33 Å². The minimum Gasteiger partial charge on any atom is -0.345 e. The molecule has 0 aliphatic heterocycles. The van der Waals surface area contributed by atoms with Gasteiger partial charge in [-0.05, 0) is 31.5 Å². The number of carbonyl (C=O) groups is 1. The van der Waals surface area contributed by atoms with Gasteiger partial charge in [0.05, 0.1) is 17.4 Å². The Morgan fingerprint density at radius 3 is 3.12 bits per heavy atom. The van der Waals surface area contributed by atoms with Crippen LogP contribution >= 0.6 is 0 Å². The molecule has 0 saturated heterocycles. The predicted octanol–water partition coefficient (Wildman–Crippen LogP) is 1.87. The molecule has 0 bridgehead atoms. The molecular formula is C12H15N3O. The number of hydrogen-bond acceptors (Lipinski definition) is 3. The van der Waals surface area contributed by atoms with Crippen molar-refractivity contribution in [1.29, 1.82) is 0 Å². The number of imidazole rings is 1. The van der Waals surface area contributed by atoms with Crippen molar-refractivity contribution >= 4 is 16.8 Å². The molecule has 4 heteroatoms. The van der Waals surface area contributed by atoms with Crippen LogP contribution in [0.4, 0.5) is 0 Å². The van der Waals surface area contributed by atoms with E-state index >= 15 is 0 Å². The van der Waals surface area contributed by atoms with E-state index < -0.39 is 0 Å². The van der Waals surface area contributed by atoms with E-state index in [0.29, 0.717) is 6.42 Å². The fourth-order valence-corrected chi connectivity index (χ4v) is 1.61. The third kappa shape index (κ3) is 2.28. The number of rotatable bonds is 4. The van der Waals surface area contributed by atoms with Crippen LogP contribution in [0.1, 0.15) is 30.1 Å². The van der Waals surface area contributed by atoms with E-state index in [0.717, 1.165) is 23.0 Å². The summed E-state index contributed by atoms with van der Waals surface area (Å²) in [4.78, 5) is 18.9. The molecule has 2 rings (SSSR count). The Balaban J connectivity index is 2.16. The smallest absolute Gasteiger partial charge is 0.163 e. The molecule has 4 nitrogen and oxygen atoms in total. The van der Waals surface area contributed by atoms with Crippen LogP contribution in [0.25, 0.3) is 11.0 Å². The second kappa shape index (κ2) is 4.45. The molecule has 84 valence electrons. The average Bonchev–Trinajstić information content (AvgIpc) is 2.72. The summed E-state index contributed by atoms with van der Waals surface area (Å²) in [7, 11) is 0. The normalized spacial score (nSPS) is 12.9. The van der Waals surface area contributed by atoms with Gasteiger partial charge in [0.15, 0.2) is 5.78 Å². The highest BCUT2D eigenvalue weighted by molar-refractivity contribution is 5.98. The molecule has 16 heavy (non-hydrogen) atoms. The predicted molar refractivity (Wildman–Crippen MR) is 63.3 cm³/mol. The molecule has 0 amide bonds. The van der Waals surface area contributed by atoms with Crippen LogP contribution in [0, 0.1) is 0 Å². The Labute approximate surface area is 93.9 Å². The number of nitrogens with zero attached hydrogens (tertiary/aromatic N) is 1. The van der Waals surface area contributed by atoms with E-state index in [-0.39, 0.29) is 11.8 Å². The van der Waals surface area contributed by atoms with Crippen molar-refractivity contribution in [2.24, 2.45) is 5.73 Å². The fraction of sp³-hybridized carbons (Fsp3) is 0.333. The number of aromatic nitrogens is 2. The lowest BCUT2D eigenvalue weighted by atomic mass is 10.0. The lowest BCUT2D eigenvalue weighted by Crippen LogP contribution is -2.16. The average molecular weight is 217 g/mol. The highest BCUT2D eigenvalue weighted by atomic mass is 16.1. The highest BCUT2D eigenvalue weighted by Crippen LogP contribution is 2.14. The van der Waals surface area contributed by atoms with Gasteiger partial charge in [-0.25, -0.2) is 4.98 Å². The molecule has 3 N–H and O–H groups in total. The number of hydrogen-bond donors (Lipinski definition) is 2. The van der Waals surface area contributed by atoms with Crippen LogP contribution < -0.4 is 5.73 Å². The van der Waals surface area contributed by atoms with E-state index in [1.165, 1.54) is 0 Å². The van der Waals surface area contributed by atoms with Gasteiger partial charge in [0.2, 0.25) is 0 Å². The number of aromatic amines is 1. The van der Waals surface area contributed by atoms with Crippen LogP contribution in [0.5, 0.6) is 0 Å². The first-order chi connectivity index (χ1) is 7.66. The van der Waals surface area contributed by atoms with Gasteiger partial charge in [-0.2, -0.15) is 0 Å². The number of H-pyrrole nitrogens is 1. The second-order valence-corrected chi connectivity index (χ2v) is 4.07. The molecule has 1 aromatic heterocycles. The minimum absolute atomic E-state index is 0.0693. The first kappa shape index (κ1) is 10.8. The first-order valence-electron chi connectivity index (χ1n) is 5.39. The topological polar surface area (TPSA) is 71.8 Å². The maximum absolute atomic E-state index is 11.8. The number of fused-ring (bicyclic) bond motifs is 1. The summed E-state index contributed by atoms with van der Waals surface area (Å²) in [6.07, 6.45) is 2.85. The van der Waals surface area contributed by atoms with Gasteiger partial charge in [-0.1, -0.05) is 0 Å². The monoisotopic (exact) mass is 217 g/mol. The molecule has 0 fully saturated rings. The Bertz CT molecular complexity index is 502. The first-order valence-corrected chi connectivity index (χ1v) is 5.39. The van der Waals surface area contributed by atoms with Crippen LogP contribution in [0.2, 0.25) is 0 Å².